The summed E-state index contributed by atoms with van der Waals surface area (Å²) in [5, 5.41) is 14.9. The van der Waals surface area contributed by atoms with E-state index in [2.05, 4.69) is 75.0 Å². The van der Waals surface area contributed by atoms with Gasteiger partial charge in [-0.15, -0.1) is 0 Å². The van der Waals surface area contributed by atoms with Crippen molar-refractivity contribution in [3.8, 4) is 11.8 Å². The first-order valence-electron chi connectivity index (χ1n) is 13.1. The van der Waals surface area contributed by atoms with Gasteiger partial charge in [0, 0.05) is 22.1 Å². The number of nitrogens with zero attached hydrogens (tertiary/aromatic N) is 4. The first-order valence-corrected chi connectivity index (χ1v) is 13.1. The fourth-order valence-corrected chi connectivity index (χ4v) is 5.66. The molecule has 0 spiro atoms. The number of para-hydroxylation sites is 3. The van der Waals surface area contributed by atoms with Gasteiger partial charge in [-0.2, -0.15) is 5.26 Å². The maximum Gasteiger partial charge on any atom is 0.212 e. The van der Waals surface area contributed by atoms with Gasteiger partial charge in [-0.25, -0.2) is 4.85 Å². The smallest absolute Gasteiger partial charge is 0.212 e. The lowest BCUT2D eigenvalue weighted by Crippen LogP contribution is -2.14. The van der Waals surface area contributed by atoms with E-state index in [0.29, 0.717) is 22.6 Å². The number of hydrogen-bond donors (Lipinski definition) is 0. The SMILES string of the molecule is [C-]#[N+]c1ccc(C#N)c(-n2c3ccccc3c3ccccc32)c1N(c1ccccc1)c1ccc2ccccc2c1. The van der Waals surface area contributed by atoms with Crippen molar-refractivity contribution in [1.29, 1.82) is 5.26 Å². The van der Waals surface area contributed by atoms with Crippen LogP contribution in [-0.4, -0.2) is 4.57 Å². The minimum Gasteiger partial charge on any atom is -0.318 e. The Hall–Kier alpha value is -5.84. The standard InChI is InChI=1S/C36H22N4/c1-38-32-22-20-27(24-37)35(40-33-17-9-7-15-30(33)31-16-8-10-18-34(31)40)36(32)39(28-13-3-2-4-14-28)29-21-19-25-11-5-6-12-26(25)23-29/h2-23H. The Balaban J connectivity index is 1.65. The number of hydrogen-bond acceptors (Lipinski definition) is 2. The van der Waals surface area contributed by atoms with Gasteiger partial charge in [-0.05, 0) is 47.2 Å². The van der Waals surface area contributed by atoms with Crippen LogP contribution in [0.1, 0.15) is 5.56 Å². The Kier molecular flexibility index (Phi) is 5.52. The van der Waals surface area contributed by atoms with Crippen LogP contribution in [0, 0.1) is 17.9 Å². The van der Waals surface area contributed by atoms with Crippen LogP contribution in [0.2, 0.25) is 0 Å². The minimum absolute atomic E-state index is 0.466. The largest absolute Gasteiger partial charge is 0.318 e. The third-order valence-corrected chi connectivity index (χ3v) is 7.40. The van der Waals surface area contributed by atoms with Crippen LogP contribution in [0.5, 0.6) is 0 Å². The average Bonchev–Trinajstić information content (AvgIpc) is 3.35. The van der Waals surface area contributed by atoms with Crippen LogP contribution < -0.4 is 4.90 Å². The maximum atomic E-state index is 10.5. The van der Waals surface area contributed by atoms with Crippen molar-refractivity contribution in [2.75, 3.05) is 4.90 Å². The zero-order valence-corrected chi connectivity index (χ0v) is 21.5. The van der Waals surface area contributed by atoms with E-state index in [0.717, 1.165) is 44.0 Å². The van der Waals surface area contributed by atoms with Crippen LogP contribution in [-0.2, 0) is 0 Å². The highest BCUT2D eigenvalue weighted by Crippen LogP contribution is 2.48. The van der Waals surface area contributed by atoms with Crippen molar-refractivity contribution in [1.82, 2.24) is 4.57 Å². The number of rotatable bonds is 4. The van der Waals surface area contributed by atoms with Crippen LogP contribution in [0.3, 0.4) is 0 Å². The molecule has 0 amide bonds. The summed E-state index contributed by atoms with van der Waals surface area (Å²) in [6, 6.07) is 47.1. The monoisotopic (exact) mass is 510 g/mol. The molecule has 0 unspecified atom stereocenters. The predicted molar refractivity (Wildman–Crippen MR) is 164 cm³/mol. The van der Waals surface area contributed by atoms with E-state index in [4.69, 9.17) is 6.57 Å². The molecular formula is C36H22N4. The van der Waals surface area contributed by atoms with Crippen molar-refractivity contribution in [3.63, 3.8) is 0 Å². The summed E-state index contributed by atoms with van der Waals surface area (Å²) in [4.78, 5) is 6.11. The van der Waals surface area contributed by atoms with Crippen molar-refractivity contribution in [2.24, 2.45) is 0 Å². The fraction of sp³-hybridized carbons (Fsp3) is 0. The van der Waals surface area contributed by atoms with Crippen LogP contribution in [0.25, 0.3) is 43.1 Å². The highest BCUT2D eigenvalue weighted by molar-refractivity contribution is 6.10. The zero-order valence-electron chi connectivity index (χ0n) is 21.5. The summed E-state index contributed by atoms with van der Waals surface area (Å²) >= 11 is 0. The van der Waals surface area contributed by atoms with Crippen molar-refractivity contribution >= 4 is 55.3 Å². The van der Waals surface area contributed by atoms with Crippen molar-refractivity contribution in [3.05, 3.63) is 150 Å². The van der Waals surface area contributed by atoms with Gasteiger partial charge in [0.05, 0.1) is 34.5 Å². The summed E-state index contributed by atoms with van der Waals surface area (Å²) in [6.07, 6.45) is 0. The van der Waals surface area contributed by atoms with E-state index in [1.54, 1.807) is 12.1 Å². The molecule has 7 aromatic rings. The van der Waals surface area contributed by atoms with Gasteiger partial charge in [0.1, 0.15) is 6.07 Å². The summed E-state index contributed by atoms with van der Waals surface area (Å²) in [5.41, 5.74) is 6.09. The molecule has 4 heteroatoms. The lowest BCUT2D eigenvalue weighted by Gasteiger charge is -2.30. The molecule has 40 heavy (non-hydrogen) atoms. The third kappa shape index (κ3) is 3.60. The van der Waals surface area contributed by atoms with E-state index in [1.165, 1.54) is 0 Å². The normalized spacial score (nSPS) is 10.9. The van der Waals surface area contributed by atoms with Crippen LogP contribution in [0.15, 0.2) is 133 Å². The number of benzene rings is 6. The van der Waals surface area contributed by atoms with Gasteiger partial charge in [0.2, 0.25) is 5.69 Å². The molecule has 0 fully saturated rings. The zero-order chi connectivity index (χ0) is 27.1. The van der Waals surface area contributed by atoms with Crippen molar-refractivity contribution < 1.29 is 0 Å². The minimum atomic E-state index is 0.466. The van der Waals surface area contributed by atoms with Gasteiger partial charge in [-0.3, -0.25) is 0 Å². The molecule has 0 atom stereocenters. The van der Waals surface area contributed by atoms with Gasteiger partial charge in [-0.1, -0.05) is 97.1 Å². The molecule has 0 saturated heterocycles. The molecule has 186 valence electrons. The van der Waals surface area contributed by atoms with E-state index >= 15 is 0 Å². The van der Waals surface area contributed by atoms with Gasteiger partial charge in [0.15, 0.2) is 0 Å². The molecule has 6 aromatic carbocycles. The Labute approximate surface area is 232 Å². The van der Waals surface area contributed by atoms with E-state index in [-0.39, 0.29) is 0 Å². The maximum absolute atomic E-state index is 10.5. The molecule has 1 heterocycles. The average molecular weight is 511 g/mol. The van der Waals surface area contributed by atoms with E-state index in [9.17, 15) is 5.26 Å². The Bertz CT molecular complexity index is 2090. The highest BCUT2D eigenvalue weighted by Gasteiger charge is 2.26. The molecule has 4 nitrogen and oxygen atoms in total. The predicted octanol–water partition coefficient (Wildman–Crippen LogP) is 9.83. The molecule has 0 radical (unpaired) electrons. The lowest BCUT2D eigenvalue weighted by atomic mass is 10.0. The van der Waals surface area contributed by atoms with Gasteiger partial charge >= 0.3 is 0 Å². The highest BCUT2D eigenvalue weighted by atomic mass is 15.2. The fourth-order valence-electron chi connectivity index (χ4n) is 5.66. The molecule has 0 N–H and O–H groups in total. The van der Waals surface area contributed by atoms with Crippen molar-refractivity contribution in [2.45, 2.75) is 0 Å². The molecule has 0 aliphatic rings. The number of fused-ring (bicyclic) bond motifs is 4. The van der Waals surface area contributed by atoms with Gasteiger partial charge in [0.25, 0.3) is 0 Å². The first kappa shape index (κ1) is 23.3. The van der Waals surface area contributed by atoms with Crippen LogP contribution >= 0.6 is 0 Å². The molecule has 0 aliphatic carbocycles. The van der Waals surface area contributed by atoms with E-state index < -0.39 is 0 Å². The first-order chi connectivity index (χ1) is 19.8. The second-order valence-corrected chi connectivity index (χ2v) is 9.63. The number of nitriles is 1. The second-order valence-electron chi connectivity index (χ2n) is 9.63. The topological polar surface area (TPSA) is 36.3 Å². The quantitative estimate of drug-likeness (QED) is 0.221. The Morgan fingerprint density at radius 2 is 1.25 bits per heavy atom. The Morgan fingerprint density at radius 1 is 0.625 bits per heavy atom. The molecular weight excluding hydrogens is 488 g/mol. The second kappa shape index (κ2) is 9.48. The summed E-state index contributed by atoms with van der Waals surface area (Å²) in [7, 11) is 0. The number of anilines is 3. The molecule has 7 rings (SSSR count). The summed E-state index contributed by atoms with van der Waals surface area (Å²) in [6.45, 7) is 8.22. The molecule has 0 saturated carbocycles. The van der Waals surface area contributed by atoms with Gasteiger partial charge < -0.3 is 9.47 Å². The number of aromatic nitrogens is 1. The Morgan fingerprint density at radius 3 is 1.93 bits per heavy atom. The lowest BCUT2D eigenvalue weighted by molar-refractivity contribution is 1.14. The summed E-state index contributed by atoms with van der Waals surface area (Å²) < 4.78 is 2.14. The molecule has 0 bridgehead atoms. The molecule has 1 aromatic heterocycles. The third-order valence-electron chi connectivity index (χ3n) is 7.40. The molecule has 0 aliphatic heterocycles. The van der Waals surface area contributed by atoms with Crippen LogP contribution in [0.4, 0.5) is 22.7 Å². The summed E-state index contributed by atoms with van der Waals surface area (Å²) in [5.74, 6) is 0. The van der Waals surface area contributed by atoms with E-state index in [1.807, 2.05) is 66.7 Å².